The van der Waals surface area contributed by atoms with Crippen LogP contribution in [-0.2, 0) is 4.79 Å². The van der Waals surface area contributed by atoms with E-state index in [9.17, 15) is 9.59 Å². The number of halogens is 1. The van der Waals surface area contributed by atoms with Gasteiger partial charge in [-0.05, 0) is 39.7 Å². The van der Waals surface area contributed by atoms with Gasteiger partial charge in [0.05, 0.1) is 29.0 Å². The smallest absolute Gasteiger partial charge is 0.341 e. The Morgan fingerprint density at radius 1 is 1.30 bits per heavy atom. The number of anilines is 1. The molecule has 2 aliphatic rings. The molecule has 0 aliphatic carbocycles. The van der Waals surface area contributed by atoms with E-state index in [2.05, 4.69) is 26.2 Å². The van der Waals surface area contributed by atoms with E-state index in [4.69, 9.17) is 4.74 Å². The minimum Gasteiger partial charge on any atom is -0.496 e. The van der Waals surface area contributed by atoms with Gasteiger partial charge in [0, 0.05) is 24.9 Å². The highest BCUT2D eigenvalue weighted by Gasteiger charge is 2.41. The number of nitrogens with zero attached hydrogens (tertiary/aromatic N) is 2. The number of carbonyl (C=O) groups is 2. The lowest BCUT2D eigenvalue weighted by atomic mass is 9.81. The summed E-state index contributed by atoms with van der Waals surface area (Å²) in [4.78, 5) is 30.6. The Labute approximate surface area is 165 Å². The first-order valence-corrected chi connectivity index (χ1v) is 9.39. The summed E-state index contributed by atoms with van der Waals surface area (Å²) in [6, 6.07) is 12.6. The number of hydrogen-bond donors (Lipinski definition) is 1. The normalized spacial score (nSPS) is 20.9. The Hall–Kier alpha value is -2.67. The number of benzene rings is 2. The Morgan fingerprint density at radius 2 is 2.07 bits per heavy atom. The molecule has 2 heterocycles. The Bertz CT molecular complexity index is 973. The lowest BCUT2D eigenvalue weighted by Crippen LogP contribution is -2.50. The number of aliphatic imine (C=N–C) groups is 1. The van der Waals surface area contributed by atoms with Gasteiger partial charge in [0.1, 0.15) is 5.75 Å². The van der Waals surface area contributed by atoms with Gasteiger partial charge in [-0.15, -0.1) is 0 Å². The molecule has 0 spiro atoms. The zero-order valence-corrected chi connectivity index (χ0v) is 16.5. The largest absolute Gasteiger partial charge is 0.496 e. The standard InChI is InChI=1S/C20H18BrN3O3/c1-11(25)24-10-14-18(12-7-8-17(27-2)15(21)9-12)22-20(26)23-19(14)13-5-3-4-6-16(13)24/h3-9,14,18H,10H2,1-2H3,(H,22,26). The maximum absolute atomic E-state index is 12.3. The van der Waals surface area contributed by atoms with E-state index in [1.54, 1.807) is 18.9 Å². The van der Waals surface area contributed by atoms with E-state index in [1.807, 2.05) is 42.5 Å². The van der Waals surface area contributed by atoms with Gasteiger partial charge in [0.2, 0.25) is 5.91 Å². The molecule has 0 radical (unpaired) electrons. The first-order valence-electron chi connectivity index (χ1n) is 8.59. The van der Waals surface area contributed by atoms with Crippen molar-refractivity contribution in [2.45, 2.75) is 13.0 Å². The zero-order valence-electron chi connectivity index (χ0n) is 14.9. The molecule has 2 aromatic rings. The number of amides is 3. The van der Waals surface area contributed by atoms with Gasteiger partial charge in [-0.2, -0.15) is 4.99 Å². The van der Waals surface area contributed by atoms with Crippen LogP contribution >= 0.6 is 15.9 Å². The van der Waals surface area contributed by atoms with Crippen molar-refractivity contribution in [1.29, 1.82) is 0 Å². The molecule has 0 bridgehead atoms. The number of hydrogen-bond acceptors (Lipinski definition) is 3. The average Bonchev–Trinajstić information content (AvgIpc) is 2.66. The van der Waals surface area contributed by atoms with Crippen LogP contribution in [0.1, 0.15) is 24.1 Å². The molecule has 2 atom stereocenters. The topological polar surface area (TPSA) is 71.0 Å². The second-order valence-electron chi connectivity index (χ2n) is 6.57. The van der Waals surface area contributed by atoms with E-state index in [1.165, 1.54) is 0 Å². The summed E-state index contributed by atoms with van der Waals surface area (Å²) in [7, 11) is 1.61. The minimum atomic E-state index is -0.371. The number of carbonyl (C=O) groups excluding carboxylic acids is 2. The fourth-order valence-electron chi connectivity index (χ4n) is 3.78. The van der Waals surface area contributed by atoms with Crippen molar-refractivity contribution in [2.24, 2.45) is 10.9 Å². The van der Waals surface area contributed by atoms with Crippen molar-refractivity contribution in [1.82, 2.24) is 5.32 Å². The fourth-order valence-corrected chi connectivity index (χ4v) is 4.34. The van der Waals surface area contributed by atoms with Crippen molar-refractivity contribution in [2.75, 3.05) is 18.6 Å². The molecule has 7 heteroatoms. The van der Waals surface area contributed by atoms with Crippen LogP contribution < -0.4 is 15.0 Å². The van der Waals surface area contributed by atoms with Crippen molar-refractivity contribution < 1.29 is 14.3 Å². The number of para-hydroxylation sites is 1. The number of methoxy groups -OCH3 is 1. The number of fused-ring (bicyclic) bond motifs is 3. The van der Waals surface area contributed by atoms with Crippen molar-refractivity contribution in [3.05, 3.63) is 58.1 Å². The molecule has 2 aliphatic heterocycles. The lowest BCUT2D eigenvalue weighted by Gasteiger charge is -2.41. The molecule has 2 unspecified atom stereocenters. The summed E-state index contributed by atoms with van der Waals surface area (Å²) >= 11 is 3.51. The monoisotopic (exact) mass is 427 g/mol. The summed E-state index contributed by atoms with van der Waals surface area (Å²) in [5.41, 5.74) is 3.28. The molecule has 0 aromatic heterocycles. The number of ether oxygens (including phenoxy) is 1. The molecular weight excluding hydrogens is 410 g/mol. The third-order valence-corrected chi connectivity index (χ3v) is 5.64. The SMILES string of the molecule is COc1ccc(C2NC(=O)N=C3c4ccccc4N(C(C)=O)CC32)cc1Br. The highest BCUT2D eigenvalue weighted by atomic mass is 79.9. The van der Waals surface area contributed by atoms with E-state index in [-0.39, 0.29) is 23.9 Å². The second kappa shape index (κ2) is 6.81. The van der Waals surface area contributed by atoms with Gasteiger partial charge in [-0.1, -0.05) is 24.3 Å². The van der Waals surface area contributed by atoms with Gasteiger partial charge in [0.15, 0.2) is 0 Å². The van der Waals surface area contributed by atoms with Crippen LogP contribution in [0.4, 0.5) is 10.5 Å². The molecule has 0 fully saturated rings. The maximum Gasteiger partial charge on any atom is 0.341 e. The molecule has 0 saturated carbocycles. The van der Waals surface area contributed by atoms with Crippen LogP contribution in [-0.4, -0.2) is 31.3 Å². The Kier molecular flexibility index (Phi) is 4.47. The fraction of sp³-hybridized carbons (Fsp3) is 0.250. The first-order chi connectivity index (χ1) is 13.0. The molecular formula is C20H18BrN3O3. The van der Waals surface area contributed by atoms with E-state index < -0.39 is 0 Å². The van der Waals surface area contributed by atoms with Crippen LogP contribution in [0.25, 0.3) is 0 Å². The van der Waals surface area contributed by atoms with Gasteiger partial charge in [0.25, 0.3) is 0 Å². The Balaban J connectivity index is 1.82. The first kappa shape index (κ1) is 17.7. The summed E-state index contributed by atoms with van der Waals surface area (Å²) < 4.78 is 6.11. The molecule has 0 saturated heterocycles. The third-order valence-electron chi connectivity index (χ3n) is 5.02. The van der Waals surface area contributed by atoms with Gasteiger partial charge < -0.3 is 15.0 Å². The average molecular weight is 428 g/mol. The quantitative estimate of drug-likeness (QED) is 0.793. The molecule has 6 nitrogen and oxygen atoms in total. The second-order valence-corrected chi connectivity index (χ2v) is 7.43. The number of urea groups is 1. The van der Waals surface area contributed by atoms with Crippen LogP contribution in [0.3, 0.4) is 0 Å². The molecule has 1 N–H and O–H groups in total. The number of rotatable bonds is 2. The Morgan fingerprint density at radius 3 is 2.78 bits per heavy atom. The lowest BCUT2D eigenvalue weighted by molar-refractivity contribution is -0.116. The molecule has 138 valence electrons. The van der Waals surface area contributed by atoms with Gasteiger partial charge in [-0.3, -0.25) is 4.79 Å². The van der Waals surface area contributed by atoms with Crippen LogP contribution in [0, 0.1) is 5.92 Å². The molecule has 3 amide bonds. The maximum atomic E-state index is 12.3. The van der Waals surface area contributed by atoms with Crippen LogP contribution in [0.5, 0.6) is 5.75 Å². The molecule has 4 rings (SSSR count). The summed E-state index contributed by atoms with van der Waals surface area (Å²) in [5.74, 6) is 0.545. The number of nitrogens with one attached hydrogen (secondary N) is 1. The summed E-state index contributed by atoms with van der Waals surface area (Å²) in [5, 5.41) is 2.96. The third kappa shape index (κ3) is 3.02. The highest BCUT2D eigenvalue weighted by Crippen LogP contribution is 2.39. The van der Waals surface area contributed by atoms with Crippen LogP contribution in [0.15, 0.2) is 51.9 Å². The van der Waals surface area contributed by atoms with E-state index in [0.717, 1.165) is 27.0 Å². The highest BCUT2D eigenvalue weighted by molar-refractivity contribution is 9.10. The van der Waals surface area contributed by atoms with Crippen molar-refractivity contribution >= 4 is 39.3 Å². The molecule has 2 aromatic carbocycles. The minimum absolute atomic E-state index is 0.0342. The van der Waals surface area contributed by atoms with Gasteiger partial charge in [-0.25, -0.2) is 4.79 Å². The van der Waals surface area contributed by atoms with E-state index >= 15 is 0 Å². The van der Waals surface area contributed by atoms with Crippen molar-refractivity contribution in [3.63, 3.8) is 0 Å². The predicted octanol–water partition coefficient (Wildman–Crippen LogP) is 3.69. The summed E-state index contributed by atoms with van der Waals surface area (Å²) in [6.45, 7) is 2.01. The predicted molar refractivity (Wildman–Crippen MR) is 106 cm³/mol. The van der Waals surface area contributed by atoms with Gasteiger partial charge >= 0.3 is 6.03 Å². The zero-order chi connectivity index (χ0) is 19.1. The summed E-state index contributed by atoms with van der Waals surface area (Å²) in [6.07, 6.45) is 0. The van der Waals surface area contributed by atoms with Crippen LogP contribution in [0.2, 0.25) is 0 Å². The molecule has 27 heavy (non-hydrogen) atoms. The van der Waals surface area contributed by atoms with E-state index in [0.29, 0.717) is 12.3 Å². The van der Waals surface area contributed by atoms with Crippen molar-refractivity contribution in [3.8, 4) is 5.75 Å².